The SMILES string of the molecule is COC(=O)CN(C(=O)c1cccc2c1CCCN2)C(C)C. The standard InChI is InChI=1S/C16H22N2O3/c1-11(2)18(10-15(19)21-3)16(20)13-6-4-8-14-12(13)7-5-9-17-14/h4,6,8,11,17H,5,7,9-10H2,1-3H3. The number of hydrogen-bond donors (Lipinski definition) is 1. The van der Waals surface area contributed by atoms with E-state index in [1.54, 1.807) is 4.90 Å². The number of anilines is 1. The van der Waals surface area contributed by atoms with E-state index < -0.39 is 5.97 Å². The van der Waals surface area contributed by atoms with Crippen LogP contribution < -0.4 is 5.32 Å². The molecule has 0 atom stereocenters. The van der Waals surface area contributed by atoms with Gasteiger partial charge in [0, 0.05) is 23.8 Å². The van der Waals surface area contributed by atoms with Crippen LogP contribution in [0.5, 0.6) is 0 Å². The number of benzene rings is 1. The highest BCUT2D eigenvalue weighted by Gasteiger charge is 2.25. The number of fused-ring (bicyclic) bond motifs is 1. The third-order valence-corrected chi connectivity index (χ3v) is 3.74. The Hall–Kier alpha value is -2.04. The number of rotatable bonds is 4. The molecule has 0 aromatic heterocycles. The maximum Gasteiger partial charge on any atom is 0.325 e. The fraction of sp³-hybridized carbons (Fsp3) is 0.500. The summed E-state index contributed by atoms with van der Waals surface area (Å²) in [6.07, 6.45) is 1.89. The van der Waals surface area contributed by atoms with Crippen molar-refractivity contribution in [1.29, 1.82) is 0 Å². The molecule has 1 aliphatic rings. The summed E-state index contributed by atoms with van der Waals surface area (Å²) in [6, 6.07) is 5.64. The van der Waals surface area contributed by atoms with Gasteiger partial charge in [0.25, 0.3) is 5.91 Å². The van der Waals surface area contributed by atoms with Crippen LogP contribution in [-0.4, -0.2) is 43.0 Å². The Morgan fingerprint density at radius 1 is 1.38 bits per heavy atom. The molecule has 0 radical (unpaired) electrons. The van der Waals surface area contributed by atoms with Crippen molar-refractivity contribution < 1.29 is 14.3 Å². The van der Waals surface area contributed by atoms with Gasteiger partial charge in [0.1, 0.15) is 6.54 Å². The predicted octanol–water partition coefficient (Wildman–Crippen LogP) is 2.07. The zero-order chi connectivity index (χ0) is 15.4. The third kappa shape index (κ3) is 3.35. The van der Waals surface area contributed by atoms with Crippen LogP contribution in [0, 0.1) is 0 Å². The molecule has 0 spiro atoms. The maximum atomic E-state index is 12.8. The van der Waals surface area contributed by atoms with Gasteiger partial charge < -0.3 is 15.0 Å². The molecule has 0 unspecified atom stereocenters. The van der Waals surface area contributed by atoms with Crippen molar-refractivity contribution in [3.05, 3.63) is 29.3 Å². The molecule has 1 N–H and O–H groups in total. The second-order valence-corrected chi connectivity index (χ2v) is 5.46. The molecular formula is C16H22N2O3. The van der Waals surface area contributed by atoms with Gasteiger partial charge in [0.2, 0.25) is 0 Å². The van der Waals surface area contributed by atoms with Crippen LogP contribution in [0.15, 0.2) is 18.2 Å². The number of nitrogens with one attached hydrogen (secondary N) is 1. The number of esters is 1. The Kier molecular flexibility index (Phi) is 4.83. The van der Waals surface area contributed by atoms with E-state index in [9.17, 15) is 9.59 Å². The smallest absolute Gasteiger partial charge is 0.325 e. The highest BCUT2D eigenvalue weighted by molar-refractivity contribution is 5.98. The minimum Gasteiger partial charge on any atom is -0.468 e. The van der Waals surface area contributed by atoms with E-state index in [1.807, 2.05) is 32.0 Å². The summed E-state index contributed by atoms with van der Waals surface area (Å²) in [7, 11) is 1.33. The first-order valence-electron chi connectivity index (χ1n) is 7.28. The molecule has 5 nitrogen and oxygen atoms in total. The molecular weight excluding hydrogens is 268 g/mol. The minimum absolute atomic E-state index is 0.0237. The van der Waals surface area contributed by atoms with Crippen LogP contribution >= 0.6 is 0 Å². The summed E-state index contributed by atoms with van der Waals surface area (Å²) in [5.41, 5.74) is 2.75. The Morgan fingerprint density at radius 2 is 2.14 bits per heavy atom. The zero-order valence-corrected chi connectivity index (χ0v) is 12.8. The molecule has 1 heterocycles. The van der Waals surface area contributed by atoms with Crippen molar-refractivity contribution in [3.8, 4) is 0 Å². The first-order valence-corrected chi connectivity index (χ1v) is 7.28. The zero-order valence-electron chi connectivity index (χ0n) is 12.8. The molecule has 1 aliphatic heterocycles. The van der Waals surface area contributed by atoms with Crippen molar-refractivity contribution in [2.45, 2.75) is 32.7 Å². The van der Waals surface area contributed by atoms with Gasteiger partial charge in [-0.3, -0.25) is 9.59 Å². The topological polar surface area (TPSA) is 58.6 Å². The lowest BCUT2D eigenvalue weighted by molar-refractivity contribution is -0.141. The lowest BCUT2D eigenvalue weighted by Crippen LogP contribution is -2.41. The number of ether oxygens (including phenoxy) is 1. The summed E-state index contributed by atoms with van der Waals surface area (Å²) in [4.78, 5) is 25.9. The predicted molar refractivity (Wildman–Crippen MR) is 81.4 cm³/mol. The normalized spacial score (nSPS) is 13.3. The first-order chi connectivity index (χ1) is 10.0. The lowest BCUT2D eigenvalue weighted by Gasteiger charge is -2.28. The molecule has 0 aliphatic carbocycles. The van der Waals surface area contributed by atoms with E-state index in [0.717, 1.165) is 30.6 Å². The fourth-order valence-electron chi connectivity index (χ4n) is 2.56. The van der Waals surface area contributed by atoms with Gasteiger partial charge in [-0.15, -0.1) is 0 Å². The van der Waals surface area contributed by atoms with Gasteiger partial charge in [0.15, 0.2) is 0 Å². The monoisotopic (exact) mass is 290 g/mol. The second kappa shape index (κ2) is 6.61. The molecule has 2 rings (SSSR count). The van der Waals surface area contributed by atoms with Crippen molar-refractivity contribution in [1.82, 2.24) is 4.90 Å². The van der Waals surface area contributed by atoms with Gasteiger partial charge in [-0.2, -0.15) is 0 Å². The van der Waals surface area contributed by atoms with Crippen molar-refractivity contribution in [2.24, 2.45) is 0 Å². The quantitative estimate of drug-likeness (QED) is 0.862. The molecule has 0 saturated heterocycles. The third-order valence-electron chi connectivity index (χ3n) is 3.74. The fourth-order valence-corrected chi connectivity index (χ4v) is 2.56. The summed E-state index contributed by atoms with van der Waals surface area (Å²) in [6.45, 7) is 4.70. The molecule has 1 aromatic carbocycles. The largest absolute Gasteiger partial charge is 0.468 e. The van der Waals surface area contributed by atoms with Crippen LogP contribution in [-0.2, 0) is 16.0 Å². The van der Waals surface area contributed by atoms with E-state index in [4.69, 9.17) is 0 Å². The summed E-state index contributed by atoms with van der Waals surface area (Å²) >= 11 is 0. The van der Waals surface area contributed by atoms with Gasteiger partial charge in [-0.05, 0) is 44.4 Å². The Balaban J connectivity index is 2.31. The van der Waals surface area contributed by atoms with E-state index in [0.29, 0.717) is 5.56 Å². The average molecular weight is 290 g/mol. The van der Waals surface area contributed by atoms with Crippen LogP contribution in [0.3, 0.4) is 0 Å². The van der Waals surface area contributed by atoms with Crippen LogP contribution in [0.1, 0.15) is 36.2 Å². The van der Waals surface area contributed by atoms with Crippen molar-refractivity contribution in [3.63, 3.8) is 0 Å². The Bertz CT molecular complexity index is 540. The number of hydrogen-bond acceptors (Lipinski definition) is 4. The van der Waals surface area contributed by atoms with Gasteiger partial charge in [0.05, 0.1) is 7.11 Å². The molecule has 0 bridgehead atoms. The average Bonchev–Trinajstić information content (AvgIpc) is 2.50. The Labute approximate surface area is 125 Å². The lowest BCUT2D eigenvalue weighted by atomic mass is 9.96. The van der Waals surface area contributed by atoms with Gasteiger partial charge in [-0.25, -0.2) is 0 Å². The van der Waals surface area contributed by atoms with E-state index in [-0.39, 0.29) is 18.5 Å². The summed E-state index contributed by atoms with van der Waals surface area (Å²) in [5.74, 6) is -0.518. The van der Waals surface area contributed by atoms with Crippen molar-refractivity contribution >= 4 is 17.6 Å². The Morgan fingerprint density at radius 3 is 2.81 bits per heavy atom. The highest BCUT2D eigenvalue weighted by Crippen LogP contribution is 2.26. The number of carbonyl (C=O) groups is 2. The van der Waals surface area contributed by atoms with Crippen LogP contribution in [0.2, 0.25) is 0 Å². The van der Waals surface area contributed by atoms with E-state index >= 15 is 0 Å². The first kappa shape index (κ1) is 15.4. The molecule has 21 heavy (non-hydrogen) atoms. The summed E-state index contributed by atoms with van der Waals surface area (Å²) < 4.78 is 4.68. The highest BCUT2D eigenvalue weighted by atomic mass is 16.5. The minimum atomic E-state index is -0.403. The molecule has 1 aromatic rings. The van der Waals surface area contributed by atoms with E-state index in [1.165, 1.54) is 7.11 Å². The van der Waals surface area contributed by atoms with Gasteiger partial charge >= 0.3 is 5.97 Å². The van der Waals surface area contributed by atoms with Crippen molar-refractivity contribution in [2.75, 3.05) is 25.5 Å². The van der Waals surface area contributed by atoms with E-state index in [2.05, 4.69) is 10.1 Å². The molecule has 114 valence electrons. The number of amides is 1. The molecule has 5 heteroatoms. The maximum absolute atomic E-state index is 12.8. The number of nitrogens with zero attached hydrogens (tertiary/aromatic N) is 1. The molecule has 0 fully saturated rings. The van der Waals surface area contributed by atoms with Crippen LogP contribution in [0.25, 0.3) is 0 Å². The van der Waals surface area contributed by atoms with Crippen LogP contribution in [0.4, 0.5) is 5.69 Å². The second-order valence-electron chi connectivity index (χ2n) is 5.46. The number of methoxy groups -OCH3 is 1. The molecule has 0 saturated carbocycles. The molecule has 1 amide bonds. The number of carbonyl (C=O) groups excluding carboxylic acids is 2. The van der Waals surface area contributed by atoms with Gasteiger partial charge in [-0.1, -0.05) is 6.07 Å². The summed E-state index contributed by atoms with van der Waals surface area (Å²) in [5, 5.41) is 3.32.